The van der Waals surface area contributed by atoms with Crippen LogP contribution in [0.5, 0.6) is 0 Å². The van der Waals surface area contributed by atoms with Gasteiger partial charge in [-0.15, -0.1) is 0 Å². The fourth-order valence-corrected chi connectivity index (χ4v) is 2.42. The van der Waals surface area contributed by atoms with Gasteiger partial charge in [-0.2, -0.15) is 5.10 Å². The number of aryl methyl sites for hydroxylation is 1. The highest BCUT2D eigenvalue weighted by Gasteiger charge is 2.18. The van der Waals surface area contributed by atoms with Crippen LogP contribution in [0.1, 0.15) is 16.1 Å². The minimum atomic E-state index is -4.03. The lowest BCUT2D eigenvalue weighted by Gasteiger charge is -2.06. The molecule has 1 heterocycles. The topological polar surface area (TPSA) is 112 Å². The Kier molecular flexibility index (Phi) is 3.45. The predicted octanol–water partition coefficient (Wildman–Crippen LogP) is 1.36. The minimum Gasteiger partial charge on any atom is -0.477 e. The molecule has 20 heavy (non-hydrogen) atoms. The molecule has 0 saturated heterocycles. The molecule has 7 nitrogen and oxygen atoms in total. The first kappa shape index (κ1) is 14.0. The molecule has 0 aliphatic carbocycles. The molecule has 0 aliphatic heterocycles. The number of nitrogens with zero attached hydrogens (tertiary/aromatic N) is 1. The first-order valence-corrected chi connectivity index (χ1v) is 6.85. The SMILES string of the molecule is Cc1ccc(S(=O)(=O)Nc2cc(C(=O)O)[nH]n2)cc1F. The van der Waals surface area contributed by atoms with Crippen molar-refractivity contribution in [1.82, 2.24) is 10.2 Å². The van der Waals surface area contributed by atoms with Crippen molar-refractivity contribution in [3.63, 3.8) is 0 Å². The van der Waals surface area contributed by atoms with Crippen LogP contribution < -0.4 is 4.72 Å². The molecule has 0 fully saturated rings. The highest BCUT2D eigenvalue weighted by Crippen LogP contribution is 2.17. The number of aromatic carboxylic acids is 1. The molecule has 0 unspecified atom stereocenters. The number of carboxylic acids is 1. The van der Waals surface area contributed by atoms with Crippen LogP contribution in [0.3, 0.4) is 0 Å². The van der Waals surface area contributed by atoms with Gasteiger partial charge < -0.3 is 5.11 Å². The predicted molar refractivity (Wildman–Crippen MR) is 67.5 cm³/mol. The van der Waals surface area contributed by atoms with Gasteiger partial charge in [-0.3, -0.25) is 9.82 Å². The number of benzene rings is 1. The molecule has 0 saturated carbocycles. The van der Waals surface area contributed by atoms with Crippen molar-refractivity contribution in [3.05, 3.63) is 41.3 Å². The standard InChI is InChI=1S/C11H10FN3O4S/c1-6-2-3-7(4-8(6)12)20(18,19)15-10-5-9(11(16)17)13-14-10/h2-5H,1H3,(H,16,17)(H2,13,14,15). The lowest BCUT2D eigenvalue weighted by atomic mass is 10.2. The van der Waals surface area contributed by atoms with E-state index in [9.17, 15) is 17.6 Å². The molecule has 3 N–H and O–H groups in total. The molecule has 0 radical (unpaired) electrons. The molecule has 1 aromatic heterocycles. The number of carbonyl (C=O) groups is 1. The van der Waals surface area contributed by atoms with Gasteiger partial charge >= 0.3 is 5.97 Å². The Morgan fingerprint density at radius 2 is 2.10 bits per heavy atom. The monoisotopic (exact) mass is 299 g/mol. The molecule has 2 rings (SSSR count). The summed E-state index contributed by atoms with van der Waals surface area (Å²) in [6, 6.07) is 4.47. The molecule has 0 aliphatic rings. The van der Waals surface area contributed by atoms with Crippen LogP contribution in [-0.4, -0.2) is 29.7 Å². The Hall–Kier alpha value is -2.42. The van der Waals surface area contributed by atoms with Crippen LogP contribution in [0.15, 0.2) is 29.2 Å². The van der Waals surface area contributed by atoms with Gasteiger partial charge in [0.05, 0.1) is 4.90 Å². The second-order valence-electron chi connectivity index (χ2n) is 3.99. The van der Waals surface area contributed by atoms with Gasteiger partial charge in [-0.05, 0) is 24.6 Å². The van der Waals surface area contributed by atoms with Crippen LogP contribution in [0.2, 0.25) is 0 Å². The fourth-order valence-electron chi connectivity index (χ4n) is 1.42. The van der Waals surface area contributed by atoms with E-state index < -0.39 is 21.8 Å². The van der Waals surface area contributed by atoms with E-state index in [4.69, 9.17) is 5.11 Å². The zero-order valence-electron chi connectivity index (χ0n) is 10.2. The summed E-state index contributed by atoms with van der Waals surface area (Å²) in [5.74, 6) is -2.12. The van der Waals surface area contributed by atoms with E-state index in [0.717, 1.165) is 12.1 Å². The van der Waals surface area contributed by atoms with Crippen molar-refractivity contribution < 1.29 is 22.7 Å². The molecule has 0 atom stereocenters. The first-order valence-electron chi connectivity index (χ1n) is 5.37. The Morgan fingerprint density at radius 3 is 2.65 bits per heavy atom. The maximum Gasteiger partial charge on any atom is 0.353 e. The zero-order valence-corrected chi connectivity index (χ0v) is 11.0. The third-order valence-corrected chi connectivity index (χ3v) is 3.85. The Labute approximate surface area is 113 Å². The number of sulfonamides is 1. The van der Waals surface area contributed by atoms with Gasteiger partial charge in [0, 0.05) is 6.07 Å². The highest BCUT2D eigenvalue weighted by molar-refractivity contribution is 7.92. The molecule has 2 aromatic rings. The second-order valence-corrected chi connectivity index (χ2v) is 5.67. The molecular formula is C11H10FN3O4S. The summed E-state index contributed by atoms with van der Waals surface area (Å²) in [5, 5.41) is 14.3. The molecule has 0 bridgehead atoms. The smallest absolute Gasteiger partial charge is 0.353 e. The van der Waals surface area contributed by atoms with Gasteiger partial charge in [-0.1, -0.05) is 6.07 Å². The normalized spacial score (nSPS) is 11.3. The third kappa shape index (κ3) is 2.77. The number of hydrogen-bond donors (Lipinski definition) is 3. The van der Waals surface area contributed by atoms with E-state index in [1.807, 2.05) is 0 Å². The molecule has 0 amide bonds. The van der Waals surface area contributed by atoms with Crippen molar-refractivity contribution in [2.75, 3.05) is 4.72 Å². The Morgan fingerprint density at radius 1 is 1.40 bits per heavy atom. The lowest BCUT2D eigenvalue weighted by molar-refractivity contribution is 0.0690. The number of nitrogens with one attached hydrogen (secondary N) is 2. The number of rotatable bonds is 4. The summed E-state index contributed by atoms with van der Waals surface area (Å²) in [7, 11) is -4.03. The van der Waals surface area contributed by atoms with Gasteiger partial charge in [-0.25, -0.2) is 17.6 Å². The van der Waals surface area contributed by atoms with Gasteiger partial charge in [0.2, 0.25) is 0 Å². The molecule has 1 aromatic carbocycles. The van der Waals surface area contributed by atoms with E-state index in [1.165, 1.54) is 19.1 Å². The van der Waals surface area contributed by atoms with Gasteiger partial charge in [0.15, 0.2) is 5.82 Å². The highest BCUT2D eigenvalue weighted by atomic mass is 32.2. The second kappa shape index (κ2) is 4.93. The molecule has 0 spiro atoms. The van der Waals surface area contributed by atoms with Crippen molar-refractivity contribution >= 4 is 21.8 Å². The number of aromatic amines is 1. The maximum absolute atomic E-state index is 13.4. The van der Waals surface area contributed by atoms with E-state index in [0.29, 0.717) is 5.56 Å². The van der Waals surface area contributed by atoms with Crippen molar-refractivity contribution in [2.24, 2.45) is 0 Å². The number of aromatic nitrogens is 2. The van der Waals surface area contributed by atoms with Crippen molar-refractivity contribution in [3.8, 4) is 0 Å². The minimum absolute atomic E-state index is 0.191. The summed E-state index contributed by atoms with van der Waals surface area (Å²) in [6.07, 6.45) is 0. The molecule has 106 valence electrons. The van der Waals surface area contributed by atoms with Crippen LogP contribution in [0.25, 0.3) is 0 Å². The largest absolute Gasteiger partial charge is 0.477 e. The van der Waals surface area contributed by atoms with E-state index in [-0.39, 0.29) is 16.4 Å². The summed E-state index contributed by atoms with van der Waals surface area (Å²) in [4.78, 5) is 10.4. The quantitative estimate of drug-likeness (QED) is 0.789. The van der Waals surface area contributed by atoms with Crippen LogP contribution >= 0.6 is 0 Å². The van der Waals surface area contributed by atoms with Crippen LogP contribution in [-0.2, 0) is 10.0 Å². The molecular weight excluding hydrogens is 289 g/mol. The lowest BCUT2D eigenvalue weighted by Crippen LogP contribution is -2.13. The summed E-state index contributed by atoms with van der Waals surface area (Å²) in [5.41, 5.74) is 0.0506. The average molecular weight is 299 g/mol. The number of hydrogen-bond acceptors (Lipinski definition) is 4. The van der Waals surface area contributed by atoms with Crippen LogP contribution in [0.4, 0.5) is 10.2 Å². The van der Waals surface area contributed by atoms with Crippen LogP contribution in [0, 0.1) is 12.7 Å². The van der Waals surface area contributed by atoms with Crippen molar-refractivity contribution in [1.29, 1.82) is 0 Å². The number of carboxylic acid groups (broad SMARTS) is 1. The van der Waals surface area contributed by atoms with E-state index in [1.54, 1.807) is 0 Å². The van der Waals surface area contributed by atoms with Crippen molar-refractivity contribution in [2.45, 2.75) is 11.8 Å². The first-order chi connectivity index (χ1) is 9.29. The zero-order chi connectivity index (χ0) is 14.9. The maximum atomic E-state index is 13.4. The number of anilines is 1. The summed E-state index contributed by atoms with van der Waals surface area (Å²) >= 11 is 0. The average Bonchev–Trinajstić information content (AvgIpc) is 2.80. The van der Waals surface area contributed by atoms with Gasteiger partial charge in [0.25, 0.3) is 10.0 Å². The summed E-state index contributed by atoms with van der Waals surface area (Å²) < 4.78 is 39.4. The third-order valence-electron chi connectivity index (χ3n) is 2.50. The number of H-pyrrole nitrogens is 1. The molecule has 9 heteroatoms. The summed E-state index contributed by atoms with van der Waals surface area (Å²) in [6.45, 7) is 1.51. The van der Waals surface area contributed by atoms with Gasteiger partial charge in [0.1, 0.15) is 11.5 Å². The fraction of sp³-hybridized carbons (Fsp3) is 0.0909. The number of halogens is 1. The van der Waals surface area contributed by atoms with E-state index in [2.05, 4.69) is 14.9 Å². The Bertz CT molecular complexity index is 770. The Balaban J connectivity index is 2.30. The van der Waals surface area contributed by atoms with E-state index >= 15 is 0 Å².